The fraction of sp³-hybridized carbons (Fsp3) is 1.00. The topological polar surface area (TPSA) is 82.5 Å². The molecule has 5 nitrogen and oxygen atoms in total. The first-order chi connectivity index (χ1) is 5.66. The zero-order valence-electron chi connectivity index (χ0n) is 6.62. The van der Waals surface area contributed by atoms with E-state index in [4.69, 9.17) is 9.47 Å². The van der Waals surface area contributed by atoms with E-state index in [2.05, 4.69) is 0 Å². The Morgan fingerprint density at radius 3 is 2.25 bits per heavy atom. The standard InChI is InChI=1S/C7H12O5/c1-11-5-3(9)2(8)4(10)6-7(5)12-6/h2-10H,1H3/t2-,3-,4+,5+,6-,7-/m1/s1. The molecule has 0 amide bonds. The average molecular weight is 176 g/mol. The molecule has 1 saturated carbocycles. The maximum atomic E-state index is 9.39. The van der Waals surface area contributed by atoms with Gasteiger partial charge in [0.05, 0.1) is 0 Å². The Balaban J connectivity index is 2.11. The molecular weight excluding hydrogens is 164 g/mol. The van der Waals surface area contributed by atoms with Crippen molar-refractivity contribution in [2.45, 2.75) is 36.6 Å². The molecule has 12 heavy (non-hydrogen) atoms. The fourth-order valence-electron chi connectivity index (χ4n) is 1.73. The summed E-state index contributed by atoms with van der Waals surface area (Å²) >= 11 is 0. The van der Waals surface area contributed by atoms with Crippen molar-refractivity contribution < 1.29 is 24.8 Å². The van der Waals surface area contributed by atoms with Crippen LogP contribution in [0.15, 0.2) is 0 Å². The highest BCUT2D eigenvalue weighted by Crippen LogP contribution is 2.38. The Hall–Kier alpha value is -0.200. The van der Waals surface area contributed by atoms with Crippen molar-refractivity contribution in [1.82, 2.24) is 0 Å². The van der Waals surface area contributed by atoms with Gasteiger partial charge in [-0.25, -0.2) is 0 Å². The molecule has 5 heteroatoms. The van der Waals surface area contributed by atoms with Crippen molar-refractivity contribution in [3.8, 4) is 0 Å². The lowest BCUT2D eigenvalue weighted by atomic mass is 9.90. The van der Waals surface area contributed by atoms with Gasteiger partial charge in [0.1, 0.15) is 36.6 Å². The first-order valence-electron chi connectivity index (χ1n) is 3.89. The molecule has 0 unspecified atom stereocenters. The first-order valence-corrected chi connectivity index (χ1v) is 3.89. The number of hydrogen-bond acceptors (Lipinski definition) is 5. The van der Waals surface area contributed by atoms with Crippen LogP contribution in [-0.2, 0) is 9.47 Å². The molecule has 0 spiro atoms. The molecule has 1 aliphatic heterocycles. The lowest BCUT2D eigenvalue weighted by molar-refractivity contribution is -0.131. The number of methoxy groups -OCH3 is 1. The van der Waals surface area contributed by atoms with Crippen LogP contribution in [0, 0.1) is 0 Å². The van der Waals surface area contributed by atoms with Gasteiger partial charge in [-0.3, -0.25) is 0 Å². The summed E-state index contributed by atoms with van der Waals surface area (Å²) in [4.78, 5) is 0. The van der Waals surface area contributed by atoms with Crippen LogP contribution in [0.4, 0.5) is 0 Å². The van der Waals surface area contributed by atoms with Gasteiger partial charge in [0.2, 0.25) is 0 Å². The predicted octanol–water partition coefficient (Wildman–Crippen LogP) is -2.13. The minimum atomic E-state index is -1.17. The third kappa shape index (κ3) is 0.982. The van der Waals surface area contributed by atoms with Gasteiger partial charge in [0.25, 0.3) is 0 Å². The highest BCUT2D eigenvalue weighted by atomic mass is 16.6. The minimum absolute atomic E-state index is 0.261. The quantitative estimate of drug-likeness (QED) is 0.397. The maximum Gasteiger partial charge on any atom is 0.116 e. The lowest BCUT2D eigenvalue weighted by Gasteiger charge is -2.30. The minimum Gasteiger partial charge on any atom is -0.387 e. The summed E-state index contributed by atoms with van der Waals surface area (Å²) in [7, 11) is 1.44. The zero-order chi connectivity index (χ0) is 8.88. The fourth-order valence-corrected chi connectivity index (χ4v) is 1.73. The molecule has 2 aliphatic rings. The van der Waals surface area contributed by atoms with Gasteiger partial charge in [0.15, 0.2) is 0 Å². The van der Waals surface area contributed by atoms with E-state index in [0.717, 1.165) is 0 Å². The zero-order valence-corrected chi connectivity index (χ0v) is 6.62. The van der Waals surface area contributed by atoms with Gasteiger partial charge in [-0.2, -0.15) is 0 Å². The summed E-state index contributed by atoms with van der Waals surface area (Å²) < 4.78 is 9.97. The van der Waals surface area contributed by atoms with E-state index in [0.29, 0.717) is 0 Å². The molecule has 1 heterocycles. The molecule has 2 fully saturated rings. The Bertz CT molecular complexity index is 185. The van der Waals surface area contributed by atoms with Gasteiger partial charge < -0.3 is 24.8 Å². The molecule has 0 aromatic heterocycles. The van der Waals surface area contributed by atoms with Crippen LogP contribution in [0.2, 0.25) is 0 Å². The van der Waals surface area contributed by atoms with Crippen LogP contribution in [0.3, 0.4) is 0 Å². The van der Waals surface area contributed by atoms with E-state index in [9.17, 15) is 15.3 Å². The first kappa shape index (κ1) is 8.40. The molecule has 0 aromatic rings. The number of ether oxygens (including phenoxy) is 2. The van der Waals surface area contributed by atoms with E-state index in [1.807, 2.05) is 0 Å². The van der Waals surface area contributed by atoms with Crippen molar-refractivity contribution in [3.05, 3.63) is 0 Å². The second-order valence-corrected chi connectivity index (χ2v) is 3.24. The lowest BCUT2D eigenvalue weighted by Crippen LogP contribution is -2.54. The van der Waals surface area contributed by atoms with E-state index in [1.165, 1.54) is 7.11 Å². The van der Waals surface area contributed by atoms with Gasteiger partial charge in [-0.05, 0) is 0 Å². The van der Waals surface area contributed by atoms with Gasteiger partial charge in [0, 0.05) is 7.11 Å². The van der Waals surface area contributed by atoms with Crippen LogP contribution in [0.25, 0.3) is 0 Å². The van der Waals surface area contributed by atoms with Crippen LogP contribution >= 0.6 is 0 Å². The Morgan fingerprint density at radius 1 is 1.00 bits per heavy atom. The molecule has 1 saturated heterocycles. The molecule has 1 aliphatic carbocycles. The van der Waals surface area contributed by atoms with Crippen LogP contribution in [-0.4, -0.2) is 59.1 Å². The maximum absolute atomic E-state index is 9.39. The Morgan fingerprint density at radius 2 is 1.67 bits per heavy atom. The monoisotopic (exact) mass is 176 g/mol. The van der Waals surface area contributed by atoms with Crippen molar-refractivity contribution in [1.29, 1.82) is 0 Å². The highest BCUT2D eigenvalue weighted by molar-refractivity contribution is 5.08. The summed E-state index contributed by atoms with van der Waals surface area (Å²) in [6, 6.07) is 0. The number of fused-ring (bicyclic) bond motifs is 1. The smallest absolute Gasteiger partial charge is 0.116 e. The number of hydrogen-bond donors (Lipinski definition) is 3. The number of aliphatic hydroxyl groups is 3. The molecular formula is C7H12O5. The largest absolute Gasteiger partial charge is 0.387 e. The predicted molar refractivity (Wildman–Crippen MR) is 37.5 cm³/mol. The van der Waals surface area contributed by atoms with Crippen molar-refractivity contribution in [2.75, 3.05) is 7.11 Å². The molecule has 0 bridgehead atoms. The van der Waals surface area contributed by atoms with Gasteiger partial charge >= 0.3 is 0 Å². The summed E-state index contributed by atoms with van der Waals surface area (Å²) in [6.45, 7) is 0. The summed E-state index contributed by atoms with van der Waals surface area (Å²) in [5.41, 5.74) is 0. The summed E-state index contributed by atoms with van der Waals surface area (Å²) in [5, 5.41) is 28.0. The molecule has 70 valence electrons. The molecule has 0 aromatic carbocycles. The van der Waals surface area contributed by atoms with E-state index in [-0.39, 0.29) is 12.2 Å². The van der Waals surface area contributed by atoms with Crippen molar-refractivity contribution in [3.63, 3.8) is 0 Å². The third-order valence-electron chi connectivity index (χ3n) is 2.53. The average Bonchev–Trinajstić information content (AvgIpc) is 2.81. The molecule has 6 atom stereocenters. The summed E-state index contributed by atoms with van der Waals surface area (Å²) in [5.74, 6) is 0. The Labute approximate surface area is 69.5 Å². The molecule has 3 N–H and O–H groups in total. The highest BCUT2D eigenvalue weighted by Gasteiger charge is 2.60. The van der Waals surface area contributed by atoms with Crippen molar-refractivity contribution >= 4 is 0 Å². The van der Waals surface area contributed by atoms with Gasteiger partial charge in [-0.15, -0.1) is 0 Å². The second-order valence-electron chi connectivity index (χ2n) is 3.24. The summed E-state index contributed by atoms with van der Waals surface area (Å²) in [6.07, 6.45) is -4.37. The Kier molecular flexibility index (Phi) is 1.85. The normalized spacial score (nSPS) is 58.0. The number of aliphatic hydroxyl groups excluding tert-OH is 3. The van der Waals surface area contributed by atoms with Crippen LogP contribution in [0.1, 0.15) is 0 Å². The van der Waals surface area contributed by atoms with Crippen LogP contribution < -0.4 is 0 Å². The van der Waals surface area contributed by atoms with E-state index in [1.54, 1.807) is 0 Å². The van der Waals surface area contributed by atoms with Gasteiger partial charge in [-0.1, -0.05) is 0 Å². The van der Waals surface area contributed by atoms with E-state index < -0.39 is 24.4 Å². The SMILES string of the molecule is CO[C@H]1[C@H](O)[C@@H](O)[C@H](O)[C@H]2O[C@@H]21. The van der Waals surface area contributed by atoms with Crippen molar-refractivity contribution in [2.24, 2.45) is 0 Å². The number of rotatable bonds is 1. The molecule has 0 radical (unpaired) electrons. The van der Waals surface area contributed by atoms with E-state index >= 15 is 0 Å². The second kappa shape index (κ2) is 2.65. The molecule has 2 rings (SSSR count). The third-order valence-corrected chi connectivity index (χ3v) is 2.53. The van der Waals surface area contributed by atoms with Crippen LogP contribution in [0.5, 0.6) is 0 Å². The number of epoxide rings is 1.